The minimum absolute atomic E-state index is 0. The van der Waals surface area contributed by atoms with Crippen LogP contribution in [0, 0.1) is 5.41 Å². The highest BCUT2D eigenvalue weighted by Gasteiger charge is 2.35. The van der Waals surface area contributed by atoms with Crippen LogP contribution in [-0.2, 0) is 54.2 Å². The van der Waals surface area contributed by atoms with Crippen molar-refractivity contribution >= 4 is 32.2 Å². The second-order valence-electron chi connectivity index (χ2n) is 28.2. The number of unbranched alkanes of at least 4 members (excludes halogenated alkanes) is 3. The lowest BCUT2D eigenvalue weighted by Gasteiger charge is -2.30. The van der Waals surface area contributed by atoms with Gasteiger partial charge in [-0.2, -0.15) is 0 Å². The summed E-state index contributed by atoms with van der Waals surface area (Å²) in [4.78, 5) is 36.1. The maximum absolute atomic E-state index is 12.8. The molecule has 0 fully saturated rings. The lowest BCUT2D eigenvalue weighted by atomic mass is 9.75. The molecule has 0 saturated heterocycles. The molecule has 0 radical (unpaired) electrons. The number of aliphatic carboxylic acids is 1. The van der Waals surface area contributed by atoms with Crippen molar-refractivity contribution in [3.05, 3.63) is 252 Å². The third kappa shape index (κ3) is 41.3. The monoisotopic (exact) mass is 1640 g/mol. The molecule has 0 bridgehead atoms. The fourth-order valence-corrected chi connectivity index (χ4v) is 14.8. The summed E-state index contributed by atoms with van der Waals surface area (Å²) in [6.45, 7) is 19.7. The number of nitrogens with zero attached hydrogens (tertiary/aromatic N) is 6. The fraction of sp³-hybridized carbons (Fsp3) is 0.522. The Morgan fingerprint density at radius 1 is 0.414 bits per heavy atom. The van der Waals surface area contributed by atoms with Crippen molar-refractivity contribution in [1.82, 2.24) is 15.0 Å². The van der Waals surface area contributed by atoms with Gasteiger partial charge in [-0.1, -0.05) is 168 Å². The Bertz CT molecular complexity index is 3870. The number of pyridine rings is 6. The summed E-state index contributed by atoms with van der Waals surface area (Å²) < 4.78 is 76.6. The van der Waals surface area contributed by atoms with Crippen LogP contribution < -0.4 is 30.7 Å². The summed E-state index contributed by atoms with van der Waals surface area (Å²) in [5.41, 5.74) is 9.92. The van der Waals surface area contributed by atoms with E-state index in [1.807, 2.05) is 84.7 Å². The van der Waals surface area contributed by atoms with E-state index in [1.54, 1.807) is 12.4 Å². The molecule has 0 spiro atoms. The first kappa shape index (κ1) is 110. The van der Waals surface area contributed by atoms with Crippen molar-refractivity contribution in [2.24, 2.45) is 5.41 Å². The molecule has 0 saturated carbocycles. The van der Waals surface area contributed by atoms with Gasteiger partial charge in [0.1, 0.15) is 19.6 Å². The zero-order chi connectivity index (χ0) is 73.8. The second kappa shape index (κ2) is 58.4. The van der Waals surface area contributed by atoms with Gasteiger partial charge in [0.2, 0.25) is 0 Å². The van der Waals surface area contributed by atoms with Gasteiger partial charge in [0.05, 0.1) is 32.3 Å². The van der Waals surface area contributed by atoms with Crippen LogP contribution in [0.3, 0.4) is 0 Å². The molecule has 2 aromatic carbocycles. The number of carboxylic acids is 1. The standard InChI is InChI=1S/C30H38N2O2.C27H40N2O5S.C27H34N2O3S.8CH4.BrH/c1-3-25(28-15-20-32(21-16-28)19-9-5-8-12-30(33)34)23-29(27-13-17-31-18-14-27)22-24(2)26-10-6-4-7-11-26;1-5-7-18-34-26(30)27(3,4)21-25(23-9-13-28-14-10-23)20-22(6-2)24-11-16-29(17-12-24)15-8-19-35(31,32)33;1-3-23(26-12-17-29(18-13-26)16-7-19-33(30,31)32)21-27(25-10-14-28-15-11-25)20-22(2)24-8-5-4-6-9-24;;;;;;;;;/h4,6-7,10-11,13-18,20-21,24-25,29H,3,5,8-9,12,19,22-23H2,1-2H3;9-14,16-17,22,25H,5-8,15,18-21H2,1-4H3;4-6,8-15,17-18,22-23,27H,3,7,16,19-21H2,1-2H3;8*1H4;1H. The number of rotatable bonds is 41. The van der Waals surface area contributed by atoms with Gasteiger partial charge in [0.15, 0.2) is 37.2 Å². The van der Waals surface area contributed by atoms with Gasteiger partial charge in [-0.15, -0.1) is 0 Å². The lowest BCUT2D eigenvalue weighted by molar-refractivity contribution is -0.697. The highest BCUT2D eigenvalue weighted by atomic mass is 79.9. The number of hydrogen-bond donors (Lipinski definition) is 1. The molecule has 0 aliphatic heterocycles. The molecule has 6 aromatic heterocycles. The Hall–Kier alpha value is -7.42. The quantitative estimate of drug-likeness (QED) is 0.0163. The van der Waals surface area contributed by atoms with Crippen molar-refractivity contribution in [2.45, 2.75) is 291 Å². The third-order valence-corrected chi connectivity index (χ3v) is 21.4. The van der Waals surface area contributed by atoms with E-state index in [-0.39, 0.29) is 112 Å². The summed E-state index contributed by atoms with van der Waals surface area (Å²) in [5.74, 6) is 1.68. The molecular formula is C92H145BrN6O10S2. The molecule has 1 N–H and O–H groups in total. The molecule has 0 amide bonds. The first-order valence-electron chi connectivity index (χ1n) is 37.0. The van der Waals surface area contributed by atoms with E-state index in [4.69, 9.17) is 9.84 Å². The zero-order valence-corrected chi connectivity index (χ0v) is 65.2. The zero-order valence-electron chi connectivity index (χ0n) is 62.0. The minimum atomic E-state index is -4.19. The Kier molecular flexibility index (Phi) is 57.9. The number of aryl methyl sites for hydroxylation is 3. The topological polar surface area (TPSA) is 228 Å². The fourth-order valence-electron chi connectivity index (χ4n) is 13.8. The lowest BCUT2D eigenvalue weighted by Crippen LogP contribution is -3.00. The van der Waals surface area contributed by atoms with Crippen LogP contribution in [0.2, 0.25) is 0 Å². The molecule has 6 heterocycles. The van der Waals surface area contributed by atoms with Crippen LogP contribution >= 0.6 is 0 Å². The normalized spacial score (nSPS) is 12.9. The largest absolute Gasteiger partial charge is 1.00 e. The van der Waals surface area contributed by atoms with E-state index >= 15 is 0 Å². The smallest absolute Gasteiger partial charge is 0.311 e. The SMILES string of the molecule is C.C.C.C.C.C.C.C.CCC(CC(CC(C)c1ccccc1)c1ccncc1)c1cc[n+](CCCCCC(=O)O)cc1.CCC(CC(CC(C)c1ccccc1)c1ccncc1)c1cc[n+](CCCS(=O)(=O)[O-])cc1.CCCCOC(=O)C(C)(C)CC(CC(CC)c1cc[n+](CCCS(=O)(=O)[O-])cc1)c1ccncc1.[Br-]. The van der Waals surface area contributed by atoms with Crippen molar-refractivity contribution < 1.29 is 76.1 Å². The number of esters is 1. The van der Waals surface area contributed by atoms with E-state index in [9.17, 15) is 35.5 Å². The number of benzene rings is 2. The Balaban J connectivity index is -0.000000744. The van der Waals surface area contributed by atoms with Gasteiger partial charge in [0.25, 0.3) is 0 Å². The molecule has 19 heteroatoms. The number of ether oxygens (including phenoxy) is 1. The highest BCUT2D eigenvalue weighted by molar-refractivity contribution is 7.85. The first-order valence-corrected chi connectivity index (χ1v) is 40.2. The van der Waals surface area contributed by atoms with Crippen molar-refractivity contribution in [3.63, 3.8) is 0 Å². The number of carboxylic acid groups (broad SMARTS) is 1. The number of aromatic nitrogens is 6. The van der Waals surface area contributed by atoms with Gasteiger partial charge in [0, 0.05) is 111 Å². The second-order valence-corrected chi connectivity index (χ2v) is 31.2. The number of carbonyl (C=O) groups is 2. The van der Waals surface area contributed by atoms with Crippen LogP contribution in [0.15, 0.2) is 208 Å². The highest BCUT2D eigenvalue weighted by Crippen LogP contribution is 2.42. The van der Waals surface area contributed by atoms with Gasteiger partial charge < -0.3 is 35.9 Å². The molecule has 8 unspecified atom stereocenters. The van der Waals surface area contributed by atoms with Gasteiger partial charge in [-0.05, 0) is 219 Å². The predicted octanol–water partition coefficient (Wildman–Crippen LogP) is 18.9. The van der Waals surface area contributed by atoms with E-state index < -0.39 is 31.6 Å². The number of halogens is 1. The van der Waals surface area contributed by atoms with Crippen molar-refractivity contribution in [3.8, 4) is 0 Å². The van der Waals surface area contributed by atoms with E-state index in [1.165, 1.54) is 38.9 Å². The first-order chi connectivity index (χ1) is 49.0. The Labute approximate surface area is 685 Å². The average Bonchev–Trinajstić information content (AvgIpc) is 0.833. The van der Waals surface area contributed by atoms with Crippen molar-refractivity contribution in [1.29, 1.82) is 0 Å². The summed E-state index contributed by atoms with van der Waals surface area (Å²) in [7, 11) is -8.35. The minimum Gasteiger partial charge on any atom is -1.00 e. The molecule has 8 atom stereocenters. The molecule has 622 valence electrons. The Morgan fingerprint density at radius 2 is 0.721 bits per heavy atom. The molecule has 111 heavy (non-hydrogen) atoms. The van der Waals surface area contributed by atoms with Gasteiger partial charge in [-0.25, -0.2) is 30.5 Å². The summed E-state index contributed by atoms with van der Waals surface area (Å²) in [6, 6.07) is 47.1. The maximum atomic E-state index is 12.8. The van der Waals surface area contributed by atoms with Crippen LogP contribution in [0.1, 0.15) is 316 Å². The van der Waals surface area contributed by atoms with Crippen molar-refractivity contribution in [2.75, 3.05) is 18.1 Å². The molecule has 8 aromatic rings. The molecular weight excluding hydrogens is 1490 g/mol. The van der Waals surface area contributed by atoms with Gasteiger partial charge >= 0.3 is 11.9 Å². The van der Waals surface area contributed by atoms with Crippen LogP contribution in [-0.4, -0.2) is 76.1 Å². The number of hydrogen-bond acceptors (Lipinski definition) is 12. The molecule has 0 aliphatic carbocycles. The summed E-state index contributed by atoms with van der Waals surface area (Å²) >= 11 is 0. The molecule has 0 aliphatic rings. The van der Waals surface area contributed by atoms with E-state index in [2.05, 4.69) is 195 Å². The molecule has 8 rings (SSSR count). The average molecular weight is 1640 g/mol. The van der Waals surface area contributed by atoms with E-state index in [0.29, 0.717) is 74.5 Å². The predicted molar refractivity (Wildman–Crippen MR) is 455 cm³/mol. The third-order valence-electron chi connectivity index (χ3n) is 19.9. The summed E-state index contributed by atoms with van der Waals surface area (Å²) in [5, 5.41) is 8.77. The summed E-state index contributed by atoms with van der Waals surface area (Å²) in [6.07, 6.45) is 37.9. The van der Waals surface area contributed by atoms with Crippen LogP contribution in [0.5, 0.6) is 0 Å². The van der Waals surface area contributed by atoms with E-state index in [0.717, 1.165) is 95.6 Å². The van der Waals surface area contributed by atoms with Crippen LogP contribution in [0.4, 0.5) is 0 Å². The Morgan fingerprint density at radius 3 is 1.03 bits per heavy atom. The van der Waals surface area contributed by atoms with Crippen LogP contribution in [0.25, 0.3) is 0 Å². The van der Waals surface area contributed by atoms with Gasteiger partial charge in [-0.3, -0.25) is 24.5 Å². The molecule has 16 nitrogen and oxygen atoms in total. The maximum Gasteiger partial charge on any atom is 0.311 e. The number of carbonyl (C=O) groups excluding carboxylic acids is 1.